The summed E-state index contributed by atoms with van der Waals surface area (Å²) >= 11 is 0. The molecule has 0 aromatic heterocycles. The Morgan fingerprint density at radius 1 is 0.500 bits per heavy atom. The van der Waals surface area contributed by atoms with Crippen LogP contribution in [0.3, 0.4) is 0 Å². The Morgan fingerprint density at radius 2 is 0.844 bits per heavy atom. The maximum absolute atomic E-state index is 13.2. The first-order chi connectivity index (χ1) is 15.5. The molecule has 0 aliphatic rings. The van der Waals surface area contributed by atoms with Crippen LogP contribution in [0.25, 0.3) is 11.1 Å². The molecule has 0 saturated heterocycles. The summed E-state index contributed by atoms with van der Waals surface area (Å²) in [4.78, 5) is 25.9. The largest absolute Gasteiger partial charge is 0.322 e. The van der Waals surface area contributed by atoms with Gasteiger partial charge in [0.15, 0.2) is 0 Å². The molecule has 0 aliphatic heterocycles. The SMILES string of the molecule is O=C(Nc1ccc(F)cc1)c1ccccc1-c1ccccc1C(=O)Nc1ccc(F)cc1. The summed E-state index contributed by atoms with van der Waals surface area (Å²) in [6, 6.07) is 24.8. The zero-order valence-corrected chi connectivity index (χ0v) is 16.8. The van der Waals surface area contributed by atoms with Crippen LogP contribution in [0, 0.1) is 11.6 Å². The van der Waals surface area contributed by atoms with Gasteiger partial charge < -0.3 is 10.6 Å². The number of carbonyl (C=O) groups is 2. The highest BCUT2D eigenvalue weighted by Crippen LogP contribution is 2.28. The van der Waals surface area contributed by atoms with E-state index in [1.165, 1.54) is 48.5 Å². The van der Waals surface area contributed by atoms with Crippen LogP contribution >= 0.6 is 0 Å². The van der Waals surface area contributed by atoms with E-state index in [9.17, 15) is 18.4 Å². The first kappa shape index (κ1) is 20.9. The van der Waals surface area contributed by atoms with Gasteiger partial charge in [0, 0.05) is 22.5 Å². The Labute approximate surface area is 183 Å². The van der Waals surface area contributed by atoms with E-state index < -0.39 is 11.6 Å². The number of anilines is 2. The quantitative estimate of drug-likeness (QED) is 0.401. The Morgan fingerprint density at radius 3 is 1.22 bits per heavy atom. The third-order valence-corrected chi connectivity index (χ3v) is 4.84. The monoisotopic (exact) mass is 428 g/mol. The number of hydrogen-bond acceptors (Lipinski definition) is 2. The zero-order valence-electron chi connectivity index (χ0n) is 16.8. The molecule has 32 heavy (non-hydrogen) atoms. The van der Waals surface area contributed by atoms with E-state index in [1.54, 1.807) is 48.5 Å². The van der Waals surface area contributed by atoms with E-state index in [2.05, 4.69) is 10.6 Å². The zero-order chi connectivity index (χ0) is 22.5. The summed E-state index contributed by atoms with van der Waals surface area (Å²) in [5.74, 6) is -1.57. The number of nitrogens with one attached hydrogen (secondary N) is 2. The smallest absolute Gasteiger partial charge is 0.256 e. The van der Waals surface area contributed by atoms with Crippen LogP contribution in [-0.4, -0.2) is 11.8 Å². The molecule has 4 nitrogen and oxygen atoms in total. The van der Waals surface area contributed by atoms with Gasteiger partial charge in [-0.2, -0.15) is 0 Å². The molecule has 158 valence electrons. The molecule has 0 atom stereocenters. The van der Waals surface area contributed by atoms with Gasteiger partial charge in [-0.25, -0.2) is 8.78 Å². The lowest BCUT2D eigenvalue weighted by molar-refractivity contribution is 0.101. The fourth-order valence-electron chi connectivity index (χ4n) is 3.30. The van der Waals surface area contributed by atoms with Crippen LogP contribution in [-0.2, 0) is 0 Å². The van der Waals surface area contributed by atoms with Crippen LogP contribution in [0.5, 0.6) is 0 Å². The second-order valence-electron chi connectivity index (χ2n) is 7.01. The number of benzene rings is 4. The van der Waals surface area contributed by atoms with Gasteiger partial charge in [-0.3, -0.25) is 9.59 Å². The van der Waals surface area contributed by atoms with Gasteiger partial charge in [-0.15, -0.1) is 0 Å². The van der Waals surface area contributed by atoms with Crippen molar-refractivity contribution in [3.63, 3.8) is 0 Å². The first-order valence-corrected chi connectivity index (χ1v) is 9.83. The lowest BCUT2D eigenvalue weighted by Crippen LogP contribution is -2.16. The van der Waals surface area contributed by atoms with Gasteiger partial charge in [-0.05, 0) is 71.8 Å². The third-order valence-electron chi connectivity index (χ3n) is 4.84. The highest BCUT2D eigenvalue weighted by atomic mass is 19.1. The highest BCUT2D eigenvalue weighted by molar-refractivity contribution is 6.13. The van der Waals surface area contributed by atoms with Crippen molar-refractivity contribution in [3.8, 4) is 11.1 Å². The summed E-state index contributed by atoms with van der Waals surface area (Å²) in [5.41, 5.74) is 2.76. The molecular formula is C26H18F2N2O2. The highest BCUT2D eigenvalue weighted by Gasteiger charge is 2.18. The third kappa shape index (κ3) is 4.70. The molecule has 4 rings (SSSR count). The van der Waals surface area contributed by atoms with Crippen molar-refractivity contribution in [3.05, 3.63) is 120 Å². The summed E-state index contributed by atoms with van der Waals surface area (Å²) in [5, 5.41) is 5.50. The predicted molar refractivity (Wildman–Crippen MR) is 121 cm³/mol. The Hall–Kier alpha value is -4.32. The van der Waals surface area contributed by atoms with Crippen molar-refractivity contribution < 1.29 is 18.4 Å². The summed E-state index contributed by atoms with van der Waals surface area (Å²) in [6.07, 6.45) is 0. The molecule has 0 saturated carbocycles. The predicted octanol–water partition coefficient (Wildman–Crippen LogP) is 6.14. The summed E-state index contributed by atoms with van der Waals surface area (Å²) in [6.45, 7) is 0. The standard InChI is InChI=1S/C26H18F2N2O2/c27-17-9-13-19(14-10-17)29-25(31)23-7-3-1-5-21(23)22-6-2-4-8-24(22)26(32)30-20-15-11-18(28)12-16-20/h1-16H,(H,29,31)(H,30,32). The molecule has 0 bridgehead atoms. The fourth-order valence-corrected chi connectivity index (χ4v) is 3.30. The van der Waals surface area contributed by atoms with Gasteiger partial charge in [-0.1, -0.05) is 36.4 Å². The number of hydrogen-bond donors (Lipinski definition) is 2. The van der Waals surface area contributed by atoms with Crippen molar-refractivity contribution >= 4 is 23.2 Å². The normalized spacial score (nSPS) is 10.4. The van der Waals surface area contributed by atoms with Crippen LogP contribution < -0.4 is 10.6 Å². The van der Waals surface area contributed by atoms with E-state index in [0.717, 1.165) is 0 Å². The van der Waals surface area contributed by atoms with E-state index in [1.807, 2.05) is 0 Å². The lowest BCUT2D eigenvalue weighted by Gasteiger charge is -2.14. The molecule has 0 aliphatic carbocycles. The molecule has 2 N–H and O–H groups in total. The van der Waals surface area contributed by atoms with E-state index in [4.69, 9.17) is 0 Å². The molecule has 0 spiro atoms. The molecule has 6 heteroatoms. The number of halogens is 2. The van der Waals surface area contributed by atoms with Crippen molar-refractivity contribution in [2.45, 2.75) is 0 Å². The Bertz CT molecular complexity index is 1170. The molecule has 0 fully saturated rings. The number of rotatable bonds is 5. The van der Waals surface area contributed by atoms with E-state index >= 15 is 0 Å². The first-order valence-electron chi connectivity index (χ1n) is 9.83. The van der Waals surface area contributed by atoms with Crippen molar-refractivity contribution in [2.24, 2.45) is 0 Å². The van der Waals surface area contributed by atoms with E-state index in [-0.39, 0.29) is 11.8 Å². The Kier molecular flexibility index (Phi) is 6.03. The van der Waals surface area contributed by atoms with Gasteiger partial charge in [0.2, 0.25) is 0 Å². The molecule has 0 heterocycles. The number of carbonyl (C=O) groups excluding carboxylic acids is 2. The van der Waals surface area contributed by atoms with Crippen molar-refractivity contribution in [2.75, 3.05) is 10.6 Å². The topological polar surface area (TPSA) is 58.2 Å². The average Bonchev–Trinajstić information content (AvgIpc) is 2.82. The van der Waals surface area contributed by atoms with E-state index in [0.29, 0.717) is 33.6 Å². The maximum atomic E-state index is 13.2. The van der Waals surface area contributed by atoms with Crippen LogP contribution in [0.1, 0.15) is 20.7 Å². The average molecular weight is 428 g/mol. The van der Waals surface area contributed by atoms with Gasteiger partial charge in [0.1, 0.15) is 11.6 Å². The van der Waals surface area contributed by atoms with Gasteiger partial charge in [0.05, 0.1) is 0 Å². The van der Waals surface area contributed by atoms with Gasteiger partial charge in [0.25, 0.3) is 11.8 Å². The Balaban J connectivity index is 1.66. The minimum absolute atomic E-state index is 0.360. The van der Waals surface area contributed by atoms with Crippen LogP contribution in [0.15, 0.2) is 97.1 Å². The molecule has 4 aromatic carbocycles. The summed E-state index contributed by atoms with van der Waals surface area (Å²) < 4.78 is 26.3. The van der Waals surface area contributed by atoms with Crippen LogP contribution in [0.4, 0.5) is 20.2 Å². The fraction of sp³-hybridized carbons (Fsp3) is 0. The molecule has 0 radical (unpaired) electrons. The van der Waals surface area contributed by atoms with Crippen molar-refractivity contribution in [1.29, 1.82) is 0 Å². The van der Waals surface area contributed by atoms with Crippen molar-refractivity contribution in [1.82, 2.24) is 0 Å². The second kappa shape index (κ2) is 9.22. The summed E-state index contributed by atoms with van der Waals surface area (Å²) in [7, 11) is 0. The minimum Gasteiger partial charge on any atom is -0.322 e. The molecule has 2 amide bonds. The van der Waals surface area contributed by atoms with Gasteiger partial charge >= 0.3 is 0 Å². The molecule has 0 unspecified atom stereocenters. The minimum atomic E-state index is -0.399. The lowest BCUT2D eigenvalue weighted by atomic mass is 9.94. The number of amides is 2. The van der Waals surface area contributed by atoms with Crippen LogP contribution in [0.2, 0.25) is 0 Å². The molecular weight excluding hydrogens is 410 g/mol. The maximum Gasteiger partial charge on any atom is 0.256 e. The molecule has 4 aromatic rings. The second-order valence-corrected chi connectivity index (χ2v) is 7.01.